The van der Waals surface area contributed by atoms with Crippen LogP contribution in [0.5, 0.6) is 0 Å². The number of nitrogens with one attached hydrogen (secondary N) is 2. The Labute approximate surface area is 136 Å². The molecule has 116 valence electrons. The number of rotatable bonds is 6. The van der Waals surface area contributed by atoms with Crippen molar-refractivity contribution >= 4 is 28.8 Å². The van der Waals surface area contributed by atoms with Crippen LogP contribution in [0.1, 0.15) is 20.7 Å². The van der Waals surface area contributed by atoms with Crippen molar-refractivity contribution < 1.29 is 24.0 Å². The number of carbonyl (C=O) groups excluding carboxylic acids is 3. The summed E-state index contributed by atoms with van der Waals surface area (Å²) in [6.07, 6.45) is 0. The second-order valence-electron chi connectivity index (χ2n) is 4.64. The van der Waals surface area contributed by atoms with E-state index in [9.17, 15) is 14.4 Å². The quantitative estimate of drug-likeness (QED) is 0.276. The highest BCUT2D eigenvalue weighted by molar-refractivity contribution is 6.88. The largest absolute Gasteiger partial charge is 0.467 e. The molecule has 7 nitrogen and oxygen atoms in total. The van der Waals surface area contributed by atoms with Gasteiger partial charge in [0.15, 0.2) is 0 Å². The van der Waals surface area contributed by atoms with Gasteiger partial charge in [-0.1, -0.05) is 60.7 Å². The lowest BCUT2D eigenvalue weighted by atomic mass is 9.97. The van der Waals surface area contributed by atoms with Gasteiger partial charge in [-0.25, -0.2) is 0 Å². The van der Waals surface area contributed by atoms with Gasteiger partial charge >= 0.3 is 17.2 Å². The Kier molecular flexibility index (Phi) is 5.16. The van der Waals surface area contributed by atoms with Crippen molar-refractivity contribution in [2.45, 2.75) is 0 Å². The Balaban J connectivity index is 2.37. The Hall–Kier alpha value is -3.79. The van der Waals surface area contributed by atoms with E-state index in [0.29, 0.717) is 0 Å². The molecule has 2 rings (SSSR count). The first-order chi connectivity index (χ1) is 11.6. The van der Waals surface area contributed by atoms with E-state index >= 15 is 0 Å². The zero-order chi connectivity index (χ0) is 17.5. The molecule has 0 saturated heterocycles. The fourth-order valence-electron chi connectivity index (χ4n) is 1.97. The molecular weight excluding hydrogens is 308 g/mol. The first-order valence-corrected chi connectivity index (χ1v) is 6.83. The summed E-state index contributed by atoms with van der Waals surface area (Å²) in [6, 6.07) is 15.6. The maximum atomic E-state index is 12.4. The fourth-order valence-corrected chi connectivity index (χ4v) is 1.97. The number of ketones is 3. The molecule has 0 aliphatic rings. The first-order valence-electron chi connectivity index (χ1n) is 6.83. The summed E-state index contributed by atoms with van der Waals surface area (Å²) in [4.78, 5) is 42.9. The van der Waals surface area contributed by atoms with E-state index in [2.05, 4.69) is 9.58 Å². The highest BCUT2D eigenvalue weighted by Crippen LogP contribution is 2.05. The summed E-state index contributed by atoms with van der Waals surface area (Å²) in [5, 5.41) is 0. The molecule has 0 saturated carbocycles. The maximum Gasteiger partial charge on any atom is 0.467 e. The lowest BCUT2D eigenvalue weighted by molar-refractivity contribution is -0.141. The SMILES string of the molecule is N=[N+]=C(C(=O)C(=[N+]=N)C(=O)c1ccccc1)C(=O)c1ccccc1. The number of Topliss-reactive ketones (excluding diaryl/α,β-unsaturated/α-hetero) is 3. The van der Waals surface area contributed by atoms with Gasteiger partial charge in [0.05, 0.1) is 20.6 Å². The summed E-state index contributed by atoms with van der Waals surface area (Å²) in [5.74, 6) is -2.77. The van der Waals surface area contributed by atoms with Crippen LogP contribution in [-0.4, -0.2) is 38.4 Å². The van der Waals surface area contributed by atoms with Gasteiger partial charge in [-0.15, -0.1) is 0 Å². The van der Waals surface area contributed by atoms with E-state index < -0.39 is 28.8 Å². The molecule has 0 atom stereocenters. The fraction of sp³-hybridized carbons (Fsp3) is 0. The van der Waals surface area contributed by atoms with E-state index in [1.54, 1.807) is 36.4 Å². The van der Waals surface area contributed by atoms with E-state index in [-0.39, 0.29) is 11.1 Å². The third-order valence-electron chi connectivity index (χ3n) is 3.16. The summed E-state index contributed by atoms with van der Waals surface area (Å²) < 4.78 is 0. The number of carbonyl (C=O) groups is 3. The molecule has 0 aromatic heterocycles. The van der Waals surface area contributed by atoms with Crippen LogP contribution in [0.15, 0.2) is 60.7 Å². The minimum atomic E-state index is -1.15. The van der Waals surface area contributed by atoms with Gasteiger partial charge in [0, 0.05) is 11.1 Å². The number of hydrogen-bond acceptors (Lipinski definition) is 5. The number of hydrogen-bond donors (Lipinski definition) is 2. The van der Waals surface area contributed by atoms with Crippen molar-refractivity contribution in [1.82, 2.24) is 0 Å². The van der Waals surface area contributed by atoms with Crippen LogP contribution in [0.3, 0.4) is 0 Å². The zero-order valence-corrected chi connectivity index (χ0v) is 12.4. The smallest absolute Gasteiger partial charge is 0.280 e. The molecule has 0 unspecified atom stereocenters. The predicted molar refractivity (Wildman–Crippen MR) is 82.5 cm³/mol. The highest BCUT2D eigenvalue weighted by atomic mass is 16.2. The summed E-state index contributed by atoms with van der Waals surface area (Å²) >= 11 is 0. The Morgan fingerprint density at radius 2 is 0.958 bits per heavy atom. The standard InChI is InChI=1S/C17H12N4O3/c18-20-13(15(22)11-7-3-1-4-8-11)17(24)14(21-19)16(23)12-9-5-2-6-10-12/h1-10,18-19H/q+2. The molecule has 2 N–H and O–H groups in total. The average molecular weight is 320 g/mol. The number of benzene rings is 2. The van der Waals surface area contributed by atoms with Gasteiger partial charge in [-0.2, -0.15) is 0 Å². The third-order valence-corrected chi connectivity index (χ3v) is 3.16. The van der Waals surface area contributed by atoms with Crippen LogP contribution < -0.4 is 0 Å². The molecule has 2 aromatic carbocycles. The van der Waals surface area contributed by atoms with Gasteiger partial charge in [0.25, 0.3) is 11.6 Å². The van der Waals surface area contributed by atoms with Gasteiger partial charge in [0.1, 0.15) is 0 Å². The van der Waals surface area contributed by atoms with Crippen molar-refractivity contribution in [3.63, 3.8) is 0 Å². The minimum Gasteiger partial charge on any atom is -0.280 e. The summed E-state index contributed by atoms with van der Waals surface area (Å²) in [7, 11) is 0. The minimum absolute atomic E-state index is 0.147. The average Bonchev–Trinajstić information content (AvgIpc) is 2.64. The van der Waals surface area contributed by atoms with Gasteiger partial charge < -0.3 is 0 Å². The van der Waals surface area contributed by atoms with Crippen LogP contribution in [0.4, 0.5) is 0 Å². The van der Waals surface area contributed by atoms with Crippen molar-refractivity contribution in [2.24, 2.45) is 0 Å². The first kappa shape index (κ1) is 16.6. The molecule has 0 radical (unpaired) electrons. The molecule has 2 aromatic rings. The van der Waals surface area contributed by atoms with Crippen LogP contribution in [0, 0.1) is 11.1 Å². The lowest BCUT2D eigenvalue weighted by Gasteiger charge is -1.94. The monoisotopic (exact) mass is 320 g/mol. The van der Waals surface area contributed by atoms with Gasteiger partial charge in [-0.3, -0.25) is 14.4 Å². The molecule has 0 bridgehead atoms. The second kappa shape index (κ2) is 7.47. The second-order valence-corrected chi connectivity index (χ2v) is 4.64. The van der Waals surface area contributed by atoms with Crippen molar-refractivity contribution in [1.29, 1.82) is 11.1 Å². The van der Waals surface area contributed by atoms with Crippen LogP contribution >= 0.6 is 0 Å². The predicted octanol–water partition coefficient (Wildman–Crippen LogP) is 1.68. The Morgan fingerprint density at radius 1 is 0.625 bits per heavy atom. The van der Waals surface area contributed by atoms with E-state index in [1.165, 1.54) is 24.3 Å². The Morgan fingerprint density at radius 3 is 1.25 bits per heavy atom. The van der Waals surface area contributed by atoms with E-state index in [1.807, 2.05) is 0 Å². The zero-order valence-electron chi connectivity index (χ0n) is 12.4. The van der Waals surface area contributed by atoms with Crippen molar-refractivity contribution in [3.8, 4) is 0 Å². The normalized spacial score (nSPS) is 9.33. The summed E-state index contributed by atoms with van der Waals surface area (Å²) in [6.45, 7) is 0. The van der Waals surface area contributed by atoms with Crippen LogP contribution in [0.25, 0.3) is 0 Å². The van der Waals surface area contributed by atoms with Crippen LogP contribution in [0.2, 0.25) is 0 Å². The molecule has 0 heterocycles. The molecule has 0 spiro atoms. The molecular formula is C17H12N4O3+2. The Bertz CT molecular complexity index is 832. The van der Waals surface area contributed by atoms with Crippen molar-refractivity contribution in [2.75, 3.05) is 0 Å². The summed E-state index contributed by atoms with van der Waals surface area (Å²) in [5.41, 5.74) is 13.0. The highest BCUT2D eigenvalue weighted by Gasteiger charge is 2.46. The molecule has 0 fully saturated rings. The molecule has 0 aliphatic heterocycles. The number of nitrogens with zero attached hydrogens (tertiary/aromatic N) is 2. The van der Waals surface area contributed by atoms with Crippen LogP contribution in [-0.2, 0) is 4.79 Å². The van der Waals surface area contributed by atoms with Crippen molar-refractivity contribution in [3.05, 3.63) is 71.8 Å². The topological polar surface area (TPSA) is 127 Å². The van der Waals surface area contributed by atoms with E-state index in [4.69, 9.17) is 11.1 Å². The maximum absolute atomic E-state index is 12.4. The van der Waals surface area contributed by atoms with Gasteiger partial charge in [0.2, 0.25) is 0 Å². The third kappa shape index (κ3) is 3.34. The molecule has 0 aliphatic carbocycles. The molecule has 7 heteroatoms. The molecule has 0 amide bonds. The molecule has 24 heavy (non-hydrogen) atoms. The van der Waals surface area contributed by atoms with Gasteiger partial charge in [-0.05, 0) is 0 Å². The van der Waals surface area contributed by atoms with E-state index in [0.717, 1.165) is 0 Å². The lowest BCUT2D eigenvalue weighted by Crippen LogP contribution is -2.36.